The Morgan fingerprint density at radius 2 is 1.72 bits per heavy atom. The molecule has 2 amide bonds. The predicted molar refractivity (Wildman–Crippen MR) is 110 cm³/mol. The second-order valence-electron chi connectivity index (χ2n) is 7.19. The van der Waals surface area contributed by atoms with Crippen LogP contribution in [-0.2, 0) is 4.79 Å². The second-order valence-corrected chi connectivity index (χ2v) is 7.19. The van der Waals surface area contributed by atoms with Gasteiger partial charge < -0.3 is 15.1 Å². The van der Waals surface area contributed by atoms with E-state index in [0.29, 0.717) is 28.0 Å². The van der Waals surface area contributed by atoms with Gasteiger partial charge in [-0.25, -0.2) is 4.79 Å². The van der Waals surface area contributed by atoms with Gasteiger partial charge in [0, 0.05) is 11.6 Å². The van der Waals surface area contributed by atoms with Gasteiger partial charge >= 0.3 is 5.76 Å². The maximum Gasteiger partial charge on any atom is 0.417 e. The van der Waals surface area contributed by atoms with E-state index in [9.17, 15) is 14.4 Å². The normalized spacial score (nSPS) is 13.5. The molecule has 1 aliphatic rings. The number of carbonyl (C=O) groups excluding carboxylic acids is 2. The first-order valence-corrected chi connectivity index (χ1v) is 9.35. The van der Waals surface area contributed by atoms with Crippen LogP contribution in [0.1, 0.15) is 23.2 Å². The first-order valence-electron chi connectivity index (χ1n) is 9.35. The molecule has 29 heavy (non-hydrogen) atoms. The molecule has 0 radical (unpaired) electrons. The second kappa shape index (κ2) is 6.63. The first kappa shape index (κ1) is 17.2. The Hall–Kier alpha value is -3.87. The third-order valence-corrected chi connectivity index (χ3v) is 5.01. The summed E-state index contributed by atoms with van der Waals surface area (Å²) in [5.41, 5.74) is 2.27. The van der Waals surface area contributed by atoms with Gasteiger partial charge in [0.25, 0.3) is 5.91 Å². The molecule has 144 valence electrons. The van der Waals surface area contributed by atoms with Crippen LogP contribution in [0.3, 0.4) is 0 Å². The van der Waals surface area contributed by atoms with Gasteiger partial charge in [0.1, 0.15) is 0 Å². The molecule has 1 fully saturated rings. The minimum absolute atomic E-state index is 0.0257. The van der Waals surface area contributed by atoms with Crippen LogP contribution in [-0.4, -0.2) is 16.8 Å². The molecular formula is C22H17N3O4. The molecular weight excluding hydrogens is 370 g/mol. The van der Waals surface area contributed by atoms with E-state index in [4.69, 9.17) is 4.42 Å². The van der Waals surface area contributed by atoms with E-state index in [1.54, 1.807) is 24.3 Å². The molecule has 5 rings (SSSR count). The highest BCUT2D eigenvalue weighted by molar-refractivity contribution is 6.13. The van der Waals surface area contributed by atoms with Crippen molar-refractivity contribution in [2.24, 2.45) is 5.92 Å². The summed E-state index contributed by atoms with van der Waals surface area (Å²) in [7, 11) is 0. The smallest absolute Gasteiger partial charge is 0.408 e. The summed E-state index contributed by atoms with van der Waals surface area (Å²) in [5.74, 6) is -0.945. The molecule has 0 saturated heterocycles. The standard InChI is InChI=1S/C22H17N3O4/c26-20(12-5-6-12)24-17-10-14-4-2-1-3-13(14)9-16(17)21(27)23-15-7-8-19-18(11-15)25-22(28)29-19/h1-4,7-12H,5-6H2,(H,23,27)(H,24,26)(H,25,28). The zero-order valence-electron chi connectivity index (χ0n) is 15.3. The summed E-state index contributed by atoms with van der Waals surface area (Å²) >= 11 is 0. The molecule has 7 heteroatoms. The van der Waals surface area contributed by atoms with Crippen molar-refractivity contribution in [3.8, 4) is 0 Å². The maximum absolute atomic E-state index is 13.0. The van der Waals surface area contributed by atoms with Gasteiger partial charge in [0.2, 0.25) is 5.91 Å². The largest absolute Gasteiger partial charge is 0.417 e. The summed E-state index contributed by atoms with van der Waals surface area (Å²) in [6.45, 7) is 0. The molecule has 4 aromatic rings. The number of hydrogen-bond acceptors (Lipinski definition) is 4. The van der Waals surface area contributed by atoms with Crippen LogP contribution < -0.4 is 16.4 Å². The van der Waals surface area contributed by atoms with E-state index >= 15 is 0 Å². The van der Waals surface area contributed by atoms with E-state index in [-0.39, 0.29) is 17.7 Å². The monoisotopic (exact) mass is 387 g/mol. The quantitative estimate of drug-likeness (QED) is 0.494. The van der Waals surface area contributed by atoms with Crippen LogP contribution in [0.2, 0.25) is 0 Å². The summed E-state index contributed by atoms with van der Waals surface area (Å²) < 4.78 is 4.98. The van der Waals surface area contributed by atoms with Crippen molar-refractivity contribution in [2.45, 2.75) is 12.8 Å². The Balaban J connectivity index is 1.51. The van der Waals surface area contributed by atoms with Gasteiger partial charge in [0.15, 0.2) is 5.58 Å². The number of carbonyl (C=O) groups is 2. The first-order chi connectivity index (χ1) is 14.1. The van der Waals surface area contributed by atoms with E-state index < -0.39 is 5.76 Å². The number of H-pyrrole nitrogens is 1. The lowest BCUT2D eigenvalue weighted by molar-refractivity contribution is -0.117. The van der Waals surface area contributed by atoms with E-state index in [1.807, 2.05) is 30.3 Å². The third kappa shape index (κ3) is 3.38. The van der Waals surface area contributed by atoms with E-state index in [0.717, 1.165) is 23.6 Å². The molecule has 1 aromatic heterocycles. The lowest BCUT2D eigenvalue weighted by Gasteiger charge is -2.13. The van der Waals surface area contributed by atoms with Crippen molar-refractivity contribution >= 4 is 45.1 Å². The molecule has 0 unspecified atom stereocenters. The minimum atomic E-state index is -0.553. The lowest BCUT2D eigenvalue weighted by Crippen LogP contribution is -2.19. The molecule has 0 aliphatic heterocycles. The molecule has 1 heterocycles. The minimum Gasteiger partial charge on any atom is -0.408 e. The van der Waals surface area contributed by atoms with E-state index in [1.165, 1.54) is 0 Å². The lowest BCUT2D eigenvalue weighted by atomic mass is 10.0. The summed E-state index contributed by atoms with van der Waals surface area (Å²) in [4.78, 5) is 39.2. The average Bonchev–Trinajstić information content (AvgIpc) is 3.49. The number of anilines is 2. The average molecular weight is 387 g/mol. The van der Waals surface area contributed by atoms with Crippen molar-refractivity contribution < 1.29 is 14.0 Å². The zero-order chi connectivity index (χ0) is 20.0. The third-order valence-electron chi connectivity index (χ3n) is 5.01. The molecule has 7 nitrogen and oxygen atoms in total. The molecule has 0 atom stereocenters. The molecule has 0 bridgehead atoms. The highest BCUT2D eigenvalue weighted by atomic mass is 16.4. The Kier molecular flexibility index (Phi) is 3.94. The molecule has 0 spiro atoms. The summed E-state index contributed by atoms with van der Waals surface area (Å²) in [6.07, 6.45) is 1.76. The number of benzene rings is 3. The van der Waals surface area contributed by atoms with Gasteiger partial charge in [-0.15, -0.1) is 0 Å². The number of nitrogens with one attached hydrogen (secondary N) is 3. The highest BCUT2D eigenvalue weighted by Gasteiger charge is 2.30. The fourth-order valence-electron chi connectivity index (χ4n) is 3.34. The van der Waals surface area contributed by atoms with Crippen molar-refractivity contribution in [2.75, 3.05) is 10.6 Å². The number of aromatic nitrogens is 1. The maximum atomic E-state index is 13.0. The Morgan fingerprint density at radius 1 is 0.966 bits per heavy atom. The van der Waals surface area contributed by atoms with Crippen molar-refractivity contribution in [1.29, 1.82) is 0 Å². The topological polar surface area (TPSA) is 104 Å². The Morgan fingerprint density at radius 3 is 2.48 bits per heavy atom. The number of amides is 2. The van der Waals surface area contributed by atoms with Crippen molar-refractivity contribution in [3.63, 3.8) is 0 Å². The molecule has 3 aromatic carbocycles. The zero-order valence-corrected chi connectivity index (χ0v) is 15.3. The van der Waals surface area contributed by atoms with Crippen LogP contribution in [0.25, 0.3) is 21.9 Å². The molecule has 3 N–H and O–H groups in total. The predicted octanol–water partition coefficient (Wildman–Crippen LogP) is 3.88. The number of fused-ring (bicyclic) bond motifs is 2. The Bertz CT molecular complexity index is 1330. The molecule has 1 aliphatic carbocycles. The van der Waals surface area contributed by atoms with Crippen molar-refractivity contribution in [1.82, 2.24) is 4.98 Å². The molecule has 1 saturated carbocycles. The highest BCUT2D eigenvalue weighted by Crippen LogP contribution is 2.32. The Labute approximate surface area is 164 Å². The number of rotatable bonds is 4. The van der Waals surface area contributed by atoms with Crippen LogP contribution >= 0.6 is 0 Å². The fraction of sp³-hybridized carbons (Fsp3) is 0.136. The van der Waals surface area contributed by atoms with Gasteiger partial charge in [-0.3, -0.25) is 14.6 Å². The van der Waals surface area contributed by atoms with Gasteiger partial charge in [-0.05, 0) is 53.9 Å². The SMILES string of the molecule is O=C(Nc1ccc2oc(=O)[nH]c2c1)c1cc2ccccc2cc1NC(=O)C1CC1. The van der Waals surface area contributed by atoms with Crippen LogP contribution in [0, 0.1) is 5.92 Å². The summed E-state index contributed by atoms with van der Waals surface area (Å²) in [5, 5.41) is 7.57. The van der Waals surface area contributed by atoms with Gasteiger partial charge in [0.05, 0.1) is 16.8 Å². The van der Waals surface area contributed by atoms with Gasteiger partial charge in [-0.1, -0.05) is 24.3 Å². The summed E-state index contributed by atoms with van der Waals surface area (Å²) in [6, 6.07) is 16.1. The number of aromatic amines is 1. The van der Waals surface area contributed by atoms with Crippen LogP contribution in [0.15, 0.2) is 63.8 Å². The van der Waals surface area contributed by atoms with Crippen LogP contribution in [0.4, 0.5) is 11.4 Å². The number of oxazole rings is 1. The van der Waals surface area contributed by atoms with Crippen molar-refractivity contribution in [3.05, 3.63) is 70.7 Å². The fourth-order valence-corrected chi connectivity index (χ4v) is 3.34. The number of hydrogen-bond donors (Lipinski definition) is 3. The van der Waals surface area contributed by atoms with E-state index in [2.05, 4.69) is 15.6 Å². The van der Waals surface area contributed by atoms with Crippen LogP contribution in [0.5, 0.6) is 0 Å². The van der Waals surface area contributed by atoms with Gasteiger partial charge in [-0.2, -0.15) is 0 Å².